The Labute approximate surface area is 85.5 Å². The van der Waals surface area contributed by atoms with Crippen molar-refractivity contribution in [2.24, 2.45) is 0 Å². The van der Waals surface area contributed by atoms with Gasteiger partial charge in [0.1, 0.15) is 0 Å². The standard InChI is InChI=1S/C10H18ClNO/c1-8(11)7-12-5-6-13-10(3,4)9(12)2/h9H,1,5-7H2,2-4H3. The Bertz CT molecular complexity index is 203. The lowest BCUT2D eigenvalue weighted by Gasteiger charge is -2.44. The van der Waals surface area contributed by atoms with Gasteiger partial charge in [-0.2, -0.15) is 0 Å². The van der Waals surface area contributed by atoms with E-state index in [4.69, 9.17) is 16.3 Å². The van der Waals surface area contributed by atoms with E-state index in [9.17, 15) is 0 Å². The van der Waals surface area contributed by atoms with Crippen LogP contribution in [0.5, 0.6) is 0 Å². The van der Waals surface area contributed by atoms with Gasteiger partial charge in [0.2, 0.25) is 0 Å². The molecule has 0 aromatic rings. The normalized spacial score (nSPS) is 28.8. The zero-order valence-corrected chi connectivity index (χ0v) is 9.40. The zero-order valence-electron chi connectivity index (χ0n) is 8.64. The Kier molecular flexibility index (Phi) is 3.38. The Morgan fingerprint density at radius 2 is 2.31 bits per heavy atom. The summed E-state index contributed by atoms with van der Waals surface area (Å²) >= 11 is 5.79. The van der Waals surface area contributed by atoms with Crippen LogP contribution in [0.15, 0.2) is 11.6 Å². The van der Waals surface area contributed by atoms with Crippen molar-refractivity contribution >= 4 is 11.6 Å². The fourth-order valence-corrected chi connectivity index (χ4v) is 1.77. The number of rotatable bonds is 2. The molecule has 0 aromatic heterocycles. The number of morpholine rings is 1. The lowest BCUT2D eigenvalue weighted by Crippen LogP contribution is -2.55. The molecule has 2 nitrogen and oxygen atoms in total. The number of ether oxygens (including phenoxy) is 1. The first-order valence-corrected chi connectivity index (χ1v) is 5.02. The summed E-state index contributed by atoms with van der Waals surface area (Å²) in [6.45, 7) is 12.6. The van der Waals surface area contributed by atoms with Crippen LogP contribution in [0.25, 0.3) is 0 Å². The minimum atomic E-state index is -0.0788. The predicted molar refractivity (Wildman–Crippen MR) is 56.1 cm³/mol. The van der Waals surface area contributed by atoms with Crippen LogP contribution in [0, 0.1) is 0 Å². The van der Waals surface area contributed by atoms with Crippen LogP contribution in [0.4, 0.5) is 0 Å². The second-order valence-corrected chi connectivity index (χ2v) is 4.65. The van der Waals surface area contributed by atoms with Crippen molar-refractivity contribution in [1.29, 1.82) is 0 Å². The maximum absolute atomic E-state index is 5.79. The SMILES string of the molecule is C=C(Cl)CN1CCOC(C)(C)C1C. The molecule has 13 heavy (non-hydrogen) atoms. The van der Waals surface area contributed by atoms with E-state index in [1.165, 1.54) is 0 Å². The van der Waals surface area contributed by atoms with Crippen LogP contribution < -0.4 is 0 Å². The van der Waals surface area contributed by atoms with E-state index in [0.717, 1.165) is 19.7 Å². The molecule has 0 bridgehead atoms. The smallest absolute Gasteiger partial charge is 0.0779 e. The molecule has 0 radical (unpaired) electrons. The van der Waals surface area contributed by atoms with Crippen molar-refractivity contribution in [2.75, 3.05) is 19.7 Å². The van der Waals surface area contributed by atoms with Crippen molar-refractivity contribution in [3.63, 3.8) is 0 Å². The maximum Gasteiger partial charge on any atom is 0.0779 e. The van der Waals surface area contributed by atoms with Gasteiger partial charge in [-0.25, -0.2) is 0 Å². The van der Waals surface area contributed by atoms with Crippen LogP contribution in [0.1, 0.15) is 20.8 Å². The lowest BCUT2D eigenvalue weighted by molar-refractivity contribution is -0.118. The summed E-state index contributed by atoms with van der Waals surface area (Å²) in [5.74, 6) is 0. The van der Waals surface area contributed by atoms with Gasteiger partial charge in [0, 0.05) is 24.2 Å². The molecule has 1 fully saturated rings. The number of nitrogens with zero attached hydrogens (tertiary/aromatic N) is 1. The molecule has 3 heteroatoms. The third kappa shape index (κ3) is 2.70. The average Bonchev–Trinajstić information content (AvgIpc) is 1.98. The van der Waals surface area contributed by atoms with E-state index in [-0.39, 0.29) is 5.60 Å². The topological polar surface area (TPSA) is 12.5 Å². The summed E-state index contributed by atoms with van der Waals surface area (Å²) in [5, 5.41) is 0.699. The van der Waals surface area contributed by atoms with E-state index < -0.39 is 0 Å². The van der Waals surface area contributed by atoms with Gasteiger partial charge in [0.25, 0.3) is 0 Å². The van der Waals surface area contributed by atoms with Crippen molar-refractivity contribution in [3.05, 3.63) is 11.6 Å². The highest BCUT2D eigenvalue weighted by atomic mass is 35.5. The fraction of sp³-hybridized carbons (Fsp3) is 0.800. The van der Waals surface area contributed by atoms with Crippen LogP contribution in [0.3, 0.4) is 0 Å². The summed E-state index contributed by atoms with van der Waals surface area (Å²) in [5.41, 5.74) is -0.0788. The van der Waals surface area contributed by atoms with Gasteiger partial charge in [-0.1, -0.05) is 18.2 Å². The first kappa shape index (κ1) is 11.0. The molecule has 1 saturated heterocycles. The summed E-state index contributed by atoms with van der Waals surface area (Å²) in [7, 11) is 0. The first-order chi connectivity index (χ1) is 5.93. The molecule has 1 aliphatic rings. The zero-order chi connectivity index (χ0) is 10.1. The predicted octanol–water partition coefficient (Wildman–Crippen LogP) is 2.24. The largest absolute Gasteiger partial charge is 0.373 e. The Hall–Kier alpha value is -0.0500. The van der Waals surface area contributed by atoms with Crippen molar-refractivity contribution in [1.82, 2.24) is 4.90 Å². The molecule has 1 atom stereocenters. The minimum Gasteiger partial charge on any atom is -0.373 e. The third-order valence-electron chi connectivity index (χ3n) is 2.78. The lowest BCUT2D eigenvalue weighted by atomic mass is 9.97. The summed E-state index contributed by atoms with van der Waals surface area (Å²) < 4.78 is 5.67. The molecule has 1 heterocycles. The van der Waals surface area contributed by atoms with Crippen LogP contribution in [-0.2, 0) is 4.74 Å². The van der Waals surface area contributed by atoms with Crippen molar-refractivity contribution in [2.45, 2.75) is 32.4 Å². The van der Waals surface area contributed by atoms with Crippen molar-refractivity contribution < 1.29 is 4.74 Å². The van der Waals surface area contributed by atoms with Gasteiger partial charge in [-0.15, -0.1) is 0 Å². The van der Waals surface area contributed by atoms with Crippen LogP contribution in [0.2, 0.25) is 0 Å². The number of hydrogen-bond donors (Lipinski definition) is 0. The molecular formula is C10H18ClNO. The van der Waals surface area contributed by atoms with E-state index >= 15 is 0 Å². The average molecular weight is 204 g/mol. The molecule has 0 aromatic carbocycles. The van der Waals surface area contributed by atoms with E-state index in [0.29, 0.717) is 11.1 Å². The van der Waals surface area contributed by atoms with Gasteiger partial charge in [-0.05, 0) is 20.8 Å². The molecule has 0 amide bonds. The Morgan fingerprint density at radius 1 is 1.69 bits per heavy atom. The molecule has 76 valence electrons. The molecular weight excluding hydrogens is 186 g/mol. The van der Waals surface area contributed by atoms with E-state index in [2.05, 4.69) is 32.3 Å². The molecule has 1 aliphatic heterocycles. The number of hydrogen-bond acceptors (Lipinski definition) is 2. The molecule has 1 unspecified atom stereocenters. The highest BCUT2D eigenvalue weighted by Crippen LogP contribution is 2.24. The van der Waals surface area contributed by atoms with Gasteiger partial charge >= 0.3 is 0 Å². The summed E-state index contributed by atoms with van der Waals surface area (Å²) in [6, 6.07) is 0.386. The molecule has 1 rings (SSSR count). The molecule has 0 aliphatic carbocycles. The Morgan fingerprint density at radius 3 is 2.85 bits per heavy atom. The monoisotopic (exact) mass is 203 g/mol. The van der Waals surface area contributed by atoms with Gasteiger partial charge < -0.3 is 4.74 Å². The summed E-state index contributed by atoms with van der Waals surface area (Å²) in [6.07, 6.45) is 0. The number of halogens is 1. The fourth-order valence-electron chi connectivity index (χ4n) is 1.62. The quantitative estimate of drug-likeness (QED) is 0.683. The Balaban J connectivity index is 2.60. The van der Waals surface area contributed by atoms with Crippen LogP contribution in [-0.4, -0.2) is 36.2 Å². The molecule has 0 saturated carbocycles. The van der Waals surface area contributed by atoms with Crippen molar-refractivity contribution in [3.8, 4) is 0 Å². The van der Waals surface area contributed by atoms with Gasteiger partial charge in [0.05, 0.1) is 12.2 Å². The minimum absolute atomic E-state index is 0.0788. The highest BCUT2D eigenvalue weighted by molar-refractivity contribution is 6.29. The van der Waals surface area contributed by atoms with Crippen LogP contribution >= 0.6 is 11.6 Å². The second kappa shape index (κ2) is 3.99. The third-order valence-corrected chi connectivity index (χ3v) is 2.90. The summed E-state index contributed by atoms with van der Waals surface area (Å²) in [4.78, 5) is 2.30. The first-order valence-electron chi connectivity index (χ1n) is 4.65. The second-order valence-electron chi connectivity index (χ2n) is 4.12. The highest BCUT2D eigenvalue weighted by Gasteiger charge is 2.35. The van der Waals surface area contributed by atoms with E-state index in [1.54, 1.807) is 0 Å². The molecule has 0 spiro atoms. The van der Waals surface area contributed by atoms with Gasteiger partial charge in [-0.3, -0.25) is 4.90 Å². The molecule has 0 N–H and O–H groups in total. The maximum atomic E-state index is 5.79. The van der Waals surface area contributed by atoms with E-state index in [1.807, 2.05) is 0 Å². The van der Waals surface area contributed by atoms with Gasteiger partial charge in [0.15, 0.2) is 0 Å².